The molecule has 0 radical (unpaired) electrons. The van der Waals surface area contributed by atoms with Gasteiger partial charge in [0.15, 0.2) is 0 Å². The minimum absolute atomic E-state index is 0.334. The Hall–Kier alpha value is -2.73. The third kappa shape index (κ3) is 4.37. The van der Waals surface area contributed by atoms with Crippen LogP contribution in [-0.4, -0.2) is 18.7 Å². The van der Waals surface area contributed by atoms with Crippen molar-refractivity contribution in [3.05, 3.63) is 53.6 Å². The molecule has 0 amide bonds. The highest BCUT2D eigenvalue weighted by atomic mass is 16.6. The van der Waals surface area contributed by atoms with E-state index in [-0.39, 0.29) is 5.97 Å². The molecule has 0 aromatic heterocycles. The van der Waals surface area contributed by atoms with Crippen LogP contribution in [0.2, 0.25) is 0 Å². The van der Waals surface area contributed by atoms with E-state index < -0.39 is 5.60 Å². The molecule has 0 atom stereocenters. The lowest BCUT2D eigenvalue weighted by molar-refractivity contribution is 0.00696. The highest BCUT2D eigenvalue weighted by Gasteiger charge is 2.17. The van der Waals surface area contributed by atoms with Gasteiger partial charge in [0.25, 0.3) is 0 Å². The summed E-state index contributed by atoms with van der Waals surface area (Å²) in [6, 6.07) is 12.9. The molecule has 3 heteroatoms. The van der Waals surface area contributed by atoms with Crippen molar-refractivity contribution >= 4 is 5.97 Å². The number of ether oxygens (including phenoxy) is 2. The van der Waals surface area contributed by atoms with E-state index in [0.29, 0.717) is 11.3 Å². The van der Waals surface area contributed by atoms with Crippen LogP contribution in [0.3, 0.4) is 0 Å². The normalized spacial score (nSPS) is 10.7. The van der Waals surface area contributed by atoms with E-state index in [1.54, 1.807) is 25.3 Å². The summed E-state index contributed by atoms with van der Waals surface area (Å²) in [5.74, 6) is 2.98. The van der Waals surface area contributed by atoms with Crippen LogP contribution in [0.5, 0.6) is 5.75 Å². The monoisotopic (exact) mass is 308 g/mol. The molecule has 0 spiro atoms. The number of hydrogen-bond acceptors (Lipinski definition) is 3. The smallest absolute Gasteiger partial charge is 0.338 e. The van der Waals surface area contributed by atoms with Crippen LogP contribution in [-0.2, 0) is 4.74 Å². The van der Waals surface area contributed by atoms with Crippen molar-refractivity contribution in [3.8, 4) is 29.2 Å². The van der Waals surface area contributed by atoms with Crippen LogP contribution in [0.4, 0.5) is 0 Å². The standard InChI is InChI=1S/C20H20O3/c1-6-14-11-17(13-18(12-14)22-5)15-7-9-16(10-8-15)19(21)23-20(2,3)4/h1,7-13H,2-5H3. The Morgan fingerprint density at radius 2 is 1.70 bits per heavy atom. The number of carbonyl (C=O) groups excluding carboxylic acids is 1. The number of esters is 1. The molecule has 0 fully saturated rings. The van der Waals surface area contributed by atoms with Gasteiger partial charge in [0, 0.05) is 5.56 Å². The first-order valence-corrected chi connectivity index (χ1v) is 7.32. The number of benzene rings is 2. The fraction of sp³-hybridized carbons (Fsp3) is 0.250. The number of rotatable bonds is 3. The van der Waals surface area contributed by atoms with Crippen molar-refractivity contribution in [2.75, 3.05) is 7.11 Å². The Bertz CT molecular complexity index is 744. The maximum Gasteiger partial charge on any atom is 0.338 e. The van der Waals surface area contributed by atoms with Crippen molar-refractivity contribution in [1.82, 2.24) is 0 Å². The Labute approximate surface area is 137 Å². The van der Waals surface area contributed by atoms with Crippen molar-refractivity contribution in [2.24, 2.45) is 0 Å². The van der Waals surface area contributed by atoms with Gasteiger partial charge in [-0.25, -0.2) is 4.79 Å². The summed E-state index contributed by atoms with van der Waals surface area (Å²) >= 11 is 0. The summed E-state index contributed by atoms with van der Waals surface area (Å²) in [4.78, 5) is 12.0. The number of methoxy groups -OCH3 is 1. The van der Waals surface area contributed by atoms with E-state index in [4.69, 9.17) is 15.9 Å². The minimum Gasteiger partial charge on any atom is -0.497 e. The average Bonchev–Trinajstić information content (AvgIpc) is 2.52. The van der Waals surface area contributed by atoms with E-state index in [9.17, 15) is 4.79 Å². The fourth-order valence-electron chi connectivity index (χ4n) is 2.10. The maximum atomic E-state index is 12.0. The molecule has 0 unspecified atom stereocenters. The van der Waals surface area contributed by atoms with Gasteiger partial charge in [-0.05, 0) is 62.2 Å². The molecule has 0 aliphatic heterocycles. The van der Waals surface area contributed by atoms with Crippen molar-refractivity contribution in [1.29, 1.82) is 0 Å². The van der Waals surface area contributed by atoms with Gasteiger partial charge in [-0.1, -0.05) is 18.1 Å². The van der Waals surface area contributed by atoms with Gasteiger partial charge in [-0.2, -0.15) is 0 Å². The van der Waals surface area contributed by atoms with Gasteiger partial charge < -0.3 is 9.47 Å². The van der Waals surface area contributed by atoms with Gasteiger partial charge in [-0.3, -0.25) is 0 Å². The lowest BCUT2D eigenvalue weighted by Gasteiger charge is -2.19. The molecule has 0 saturated heterocycles. The van der Waals surface area contributed by atoms with Crippen LogP contribution in [0.25, 0.3) is 11.1 Å². The zero-order valence-corrected chi connectivity index (χ0v) is 13.8. The lowest BCUT2D eigenvalue weighted by atomic mass is 10.0. The molecule has 118 valence electrons. The zero-order chi connectivity index (χ0) is 17.0. The first-order chi connectivity index (χ1) is 10.8. The first kappa shape index (κ1) is 16.6. The van der Waals surface area contributed by atoms with Crippen LogP contribution >= 0.6 is 0 Å². The van der Waals surface area contributed by atoms with Crippen LogP contribution in [0, 0.1) is 12.3 Å². The summed E-state index contributed by atoms with van der Waals surface area (Å²) < 4.78 is 10.6. The molecule has 0 aliphatic rings. The van der Waals surface area contributed by atoms with Gasteiger partial charge in [0.1, 0.15) is 11.4 Å². The Balaban J connectivity index is 2.30. The number of terminal acetylenes is 1. The molecular weight excluding hydrogens is 288 g/mol. The molecule has 23 heavy (non-hydrogen) atoms. The lowest BCUT2D eigenvalue weighted by Crippen LogP contribution is -2.23. The molecule has 0 bridgehead atoms. The predicted molar refractivity (Wildman–Crippen MR) is 91.5 cm³/mol. The number of hydrogen-bond donors (Lipinski definition) is 0. The van der Waals surface area contributed by atoms with Crippen LogP contribution in [0.1, 0.15) is 36.7 Å². The van der Waals surface area contributed by atoms with Gasteiger partial charge >= 0.3 is 5.97 Å². The van der Waals surface area contributed by atoms with Crippen molar-refractivity contribution in [2.45, 2.75) is 26.4 Å². The average molecular weight is 308 g/mol. The van der Waals surface area contributed by atoms with E-state index in [0.717, 1.165) is 16.7 Å². The van der Waals surface area contributed by atoms with Crippen LogP contribution < -0.4 is 4.74 Å². The number of carbonyl (C=O) groups is 1. The molecule has 2 aromatic rings. The summed E-state index contributed by atoms with van der Waals surface area (Å²) in [5, 5.41) is 0. The second-order valence-corrected chi connectivity index (χ2v) is 6.17. The van der Waals surface area contributed by atoms with E-state index in [2.05, 4.69) is 5.92 Å². The van der Waals surface area contributed by atoms with Gasteiger partial charge in [0.2, 0.25) is 0 Å². The third-order valence-corrected chi connectivity index (χ3v) is 3.16. The summed E-state index contributed by atoms with van der Waals surface area (Å²) in [7, 11) is 1.60. The minimum atomic E-state index is -0.510. The van der Waals surface area contributed by atoms with Crippen LogP contribution in [0.15, 0.2) is 42.5 Å². The predicted octanol–water partition coefficient (Wildman–Crippen LogP) is 4.30. The fourth-order valence-corrected chi connectivity index (χ4v) is 2.10. The Kier molecular flexibility index (Phi) is 4.76. The van der Waals surface area contributed by atoms with Crippen molar-refractivity contribution in [3.63, 3.8) is 0 Å². The second-order valence-electron chi connectivity index (χ2n) is 6.17. The third-order valence-electron chi connectivity index (χ3n) is 3.16. The Morgan fingerprint density at radius 3 is 2.22 bits per heavy atom. The molecule has 3 nitrogen and oxygen atoms in total. The van der Waals surface area contributed by atoms with E-state index >= 15 is 0 Å². The van der Waals surface area contributed by atoms with Crippen molar-refractivity contribution < 1.29 is 14.3 Å². The largest absolute Gasteiger partial charge is 0.497 e. The van der Waals surface area contributed by atoms with E-state index in [1.807, 2.05) is 45.0 Å². The summed E-state index contributed by atoms with van der Waals surface area (Å²) in [5.41, 5.74) is 2.64. The molecule has 0 aliphatic carbocycles. The zero-order valence-electron chi connectivity index (χ0n) is 13.8. The SMILES string of the molecule is C#Cc1cc(OC)cc(-c2ccc(C(=O)OC(C)(C)C)cc2)c1. The van der Waals surface area contributed by atoms with Gasteiger partial charge in [-0.15, -0.1) is 6.42 Å². The highest BCUT2D eigenvalue weighted by Crippen LogP contribution is 2.26. The quantitative estimate of drug-likeness (QED) is 0.626. The molecular formula is C20H20O3. The molecule has 0 heterocycles. The van der Waals surface area contributed by atoms with Gasteiger partial charge in [0.05, 0.1) is 12.7 Å². The summed E-state index contributed by atoms with van der Waals surface area (Å²) in [6.07, 6.45) is 5.48. The maximum absolute atomic E-state index is 12.0. The first-order valence-electron chi connectivity index (χ1n) is 7.32. The highest BCUT2D eigenvalue weighted by molar-refractivity contribution is 5.90. The molecule has 0 N–H and O–H groups in total. The van der Waals surface area contributed by atoms with E-state index in [1.165, 1.54) is 0 Å². The second kappa shape index (κ2) is 6.58. The summed E-state index contributed by atoms with van der Waals surface area (Å²) in [6.45, 7) is 5.53. The molecule has 2 aromatic carbocycles. The molecule has 0 saturated carbocycles. The molecule has 2 rings (SSSR count). The Morgan fingerprint density at radius 1 is 1.04 bits per heavy atom. The topological polar surface area (TPSA) is 35.5 Å².